The number of allylic oxidation sites excluding steroid dienone is 4. The molecule has 1 aromatic carbocycles. The monoisotopic (exact) mass is 543 g/mol. The first kappa shape index (κ1) is 27.9. The van der Waals surface area contributed by atoms with Gasteiger partial charge in [-0.3, -0.25) is 14.6 Å². The maximum absolute atomic E-state index is 13.5. The minimum atomic E-state index is -0.642. The highest BCUT2D eigenvalue weighted by Crippen LogP contribution is 2.37. The van der Waals surface area contributed by atoms with Crippen LogP contribution in [0.5, 0.6) is 0 Å². The normalized spacial score (nSPS) is 22.3. The van der Waals surface area contributed by atoms with Crippen molar-refractivity contribution in [2.45, 2.75) is 58.7 Å². The van der Waals surface area contributed by atoms with E-state index in [0.717, 1.165) is 25.2 Å². The van der Waals surface area contributed by atoms with E-state index in [1.54, 1.807) is 45.2 Å². The maximum Gasteiger partial charge on any atom is 0.418 e. The van der Waals surface area contributed by atoms with Crippen molar-refractivity contribution in [2.24, 2.45) is 5.92 Å². The Kier molecular flexibility index (Phi) is 8.63. The molecule has 1 aromatic rings. The van der Waals surface area contributed by atoms with E-state index in [-0.39, 0.29) is 30.1 Å². The molecular weight excluding hydrogens is 509 g/mol. The van der Waals surface area contributed by atoms with Crippen LogP contribution in [0.1, 0.15) is 46.1 Å². The van der Waals surface area contributed by atoms with Crippen molar-refractivity contribution in [3.05, 3.63) is 82.8 Å². The Bertz CT molecular complexity index is 1170. The van der Waals surface area contributed by atoms with Crippen LogP contribution in [0.15, 0.2) is 71.4 Å². The standard InChI is InChI=1S/C29H35ClFN3O4/c1-20-17-32(18-21-8-10-23(31)11-9-21)12-13-34(20)26(35)16-22-6-5-7-24(30)27(22)25-19-33(14-15-37-25)28(36)38-29(2,3)4/h5,7-11,14-15,19-20,22H,6,12-13,16-18H2,1-4H3/t20-,22?/m1/s1. The van der Waals surface area contributed by atoms with Gasteiger partial charge < -0.3 is 14.4 Å². The number of rotatable bonds is 5. The van der Waals surface area contributed by atoms with Crippen LogP contribution in [-0.2, 0) is 20.8 Å². The minimum Gasteiger partial charge on any atom is -0.462 e. The van der Waals surface area contributed by atoms with Crippen LogP contribution in [0.3, 0.4) is 0 Å². The maximum atomic E-state index is 13.5. The second kappa shape index (κ2) is 11.7. The van der Waals surface area contributed by atoms with Crippen molar-refractivity contribution in [2.75, 3.05) is 19.6 Å². The van der Waals surface area contributed by atoms with Gasteiger partial charge in [0, 0.05) is 55.2 Å². The fourth-order valence-electron chi connectivity index (χ4n) is 4.90. The molecule has 2 heterocycles. The van der Waals surface area contributed by atoms with E-state index < -0.39 is 11.7 Å². The molecule has 0 spiro atoms. The Morgan fingerprint density at radius 2 is 1.92 bits per heavy atom. The molecule has 7 nitrogen and oxygen atoms in total. The molecule has 1 unspecified atom stereocenters. The average Bonchev–Trinajstić information content (AvgIpc) is 2.84. The second-order valence-corrected chi connectivity index (χ2v) is 11.3. The van der Waals surface area contributed by atoms with E-state index in [1.807, 2.05) is 11.0 Å². The second-order valence-electron chi connectivity index (χ2n) is 10.9. The summed E-state index contributed by atoms with van der Waals surface area (Å²) >= 11 is 6.61. The van der Waals surface area contributed by atoms with Gasteiger partial charge in [0.1, 0.15) is 23.4 Å². The number of nitrogens with zero attached hydrogens (tertiary/aromatic N) is 3. The minimum absolute atomic E-state index is 0.0365. The van der Waals surface area contributed by atoms with Crippen molar-refractivity contribution in [1.82, 2.24) is 14.7 Å². The number of carbonyl (C=O) groups is 2. The molecule has 0 bridgehead atoms. The van der Waals surface area contributed by atoms with E-state index in [2.05, 4.69) is 11.8 Å². The van der Waals surface area contributed by atoms with Crippen molar-refractivity contribution < 1.29 is 23.5 Å². The molecule has 9 heteroatoms. The molecule has 2 atom stereocenters. The fourth-order valence-corrected chi connectivity index (χ4v) is 5.23. The molecule has 0 radical (unpaired) electrons. The Morgan fingerprint density at radius 3 is 2.61 bits per heavy atom. The molecule has 0 aromatic heterocycles. The highest BCUT2D eigenvalue weighted by molar-refractivity contribution is 6.32. The highest BCUT2D eigenvalue weighted by atomic mass is 35.5. The van der Waals surface area contributed by atoms with Crippen molar-refractivity contribution in [1.29, 1.82) is 0 Å². The summed E-state index contributed by atoms with van der Waals surface area (Å²) in [6, 6.07) is 6.58. The Morgan fingerprint density at radius 1 is 1.18 bits per heavy atom. The largest absolute Gasteiger partial charge is 0.462 e. The molecular formula is C29H35ClFN3O4. The molecule has 0 saturated carbocycles. The van der Waals surface area contributed by atoms with Crippen LogP contribution in [0.2, 0.25) is 0 Å². The summed E-state index contributed by atoms with van der Waals surface area (Å²) in [5, 5.41) is 0.483. The van der Waals surface area contributed by atoms with Crippen LogP contribution < -0.4 is 0 Å². The van der Waals surface area contributed by atoms with Gasteiger partial charge in [0.2, 0.25) is 5.91 Å². The number of amides is 2. The van der Waals surface area contributed by atoms with Gasteiger partial charge in [-0.15, -0.1) is 0 Å². The topological polar surface area (TPSA) is 62.3 Å². The number of halogens is 2. The zero-order chi connectivity index (χ0) is 27.4. The van der Waals surface area contributed by atoms with Gasteiger partial charge in [-0.25, -0.2) is 9.18 Å². The number of piperazine rings is 1. The predicted molar refractivity (Wildman–Crippen MR) is 144 cm³/mol. The third-order valence-electron chi connectivity index (χ3n) is 6.67. The quantitative estimate of drug-likeness (QED) is 0.463. The molecule has 4 rings (SSSR count). The molecule has 3 aliphatic rings. The Balaban J connectivity index is 1.41. The van der Waals surface area contributed by atoms with Crippen molar-refractivity contribution in [3.63, 3.8) is 0 Å². The average molecular weight is 544 g/mol. The van der Waals surface area contributed by atoms with E-state index in [9.17, 15) is 14.0 Å². The van der Waals surface area contributed by atoms with Gasteiger partial charge in [-0.1, -0.05) is 29.8 Å². The van der Waals surface area contributed by atoms with Crippen molar-refractivity contribution >= 4 is 23.6 Å². The van der Waals surface area contributed by atoms with Crippen LogP contribution >= 0.6 is 11.6 Å². The number of carbonyl (C=O) groups excluding carboxylic acids is 2. The summed E-state index contributed by atoms with van der Waals surface area (Å²) in [5.41, 5.74) is 1.10. The number of hydrogen-bond donors (Lipinski definition) is 0. The number of hydrogen-bond acceptors (Lipinski definition) is 5. The lowest BCUT2D eigenvalue weighted by Crippen LogP contribution is -2.53. The van der Waals surface area contributed by atoms with Crippen LogP contribution in [-0.4, -0.2) is 58.0 Å². The first-order chi connectivity index (χ1) is 18.0. The third-order valence-corrected chi connectivity index (χ3v) is 6.99. The molecule has 204 valence electrons. The SMILES string of the molecule is C[C@@H]1CN(Cc2ccc(F)cc2)CCN1C(=O)CC1CC=CC(Cl)=C1C1=CN(C(=O)OC(C)(C)C)C=CO1. The number of benzene rings is 1. The predicted octanol–water partition coefficient (Wildman–Crippen LogP) is 5.90. The summed E-state index contributed by atoms with van der Waals surface area (Å²) in [6.07, 6.45) is 8.58. The Hall–Kier alpha value is -3.10. The molecule has 2 amide bonds. The van der Waals surface area contributed by atoms with Crippen LogP contribution in [0.25, 0.3) is 0 Å². The van der Waals surface area contributed by atoms with Gasteiger partial charge in [0.25, 0.3) is 0 Å². The first-order valence-corrected chi connectivity index (χ1v) is 13.3. The third kappa shape index (κ3) is 7.05. The van der Waals surface area contributed by atoms with Crippen LogP contribution in [0, 0.1) is 11.7 Å². The van der Waals surface area contributed by atoms with Gasteiger partial charge in [-0.05, 0) is 57.9 Å². The fraction of sp³-hybridized carbons (Fsp3) is 0.448. The summed E-state index contributed by atoms with van der Waals surface area (Å²) < 4.78 is 24.5. The lowest BCUT2D eigenvalue weighted by Gasteiger charge is -2.40. The van der Waals surface area contributed by atoms with Gasteiger partial charge in [-0.2, -0.15) is 0 Å². The molecule has 38 heavy (non-hydrogen) atoms. The van der Waals surface area contributed by atoms with E-state index >= 15 is 0 Å². The highest BCUT2D eigenvalue weighted by Gasteiger charge is 2.33. The summed E-state index contributed by atoms with van der Waals surface area (Å²) in [7, 11) is 0. The molecule has 1 aliphatic carbocycles. The molecule has 2 aliphatic heterocycles. The Labute approximate surface area is 228 Å². The molecule has 1 fully saturated rings. The van der Waals surface area contributed by atoms with E-state index in [4.69, 9.17) is 21.1 Å². The van der Waals surface area contributed by atoms with E-state index in [1.165, 1.54) is 29.5 Å². The summed E-state index contributed by atoms with van der Waals surface area (Å²) in [4.78, 5) is 31.6. The van der Waals surface area contributed by atoms with Crippen molar-refractivity contribution in [3.8, 4) is 0 Å². The lowest BCUT2D eigenvalue weighted by molar-refractivity contribution is -0.136. The summed E-state index contributed by atoms with van der Waals surface area (Å²) in [6.45, 7) is 10.3. The number of ether oxygens (including phenoxy) is 2. The first-order valence-electron chi connectivity index (χ1n) is 12.9. The molecule has 0 N–H and O–H groups in total. The van der Waals surface area contributed by atoms with Gasteiger partial charge >= 0.3 is 6.09 Å². The van der Waals surface area contributed by atoms with E-state index in [0.29, 0.717) is 29.3 Å². The smallest absolute Gasteiger partial charge is 0.418 e. The summed E-state index contributed by atoms with van der Waals surface area (Å²) in [5.74, 6) is 0.0362. The zero-order valence-corrected chi connectivity index (χ0v) is 23.1. The van der Waals surface area contributed by atoms with Gasteiger partial charge in [0.05, 0.1) is 12.4 Å². The molecule has 1 saturated heterocycles. The van der Waals surface area contributed by atoms with Gasteiger partial charge in [0.15, 0.2) is 0 Å². The van der Waals surface area contributed by atoms with Crippen LogP contribution in [0.4, 0.5) is 9.18 Å². The zero-order valence-electron chi connectivity index (χ0n) is 22.3. The lowest BCUT2D eigenvalue weighted by atomic mass is 9.86.